The van der Waals surface area contributed by atoms with E-state index >= 15 is 0 Å². The predicted octanol–water partition coefficient (Wildman–Crippen LogP) is 7.22. The Morgan fingerprint density at radius 2 is 1.71 bits per heavy atom. The van der Waals surface area contributed by atoms with Crippen LogP contribution in [0.3, 0.4) is 0 Å². The average Bonchev–Trinajstić information content (AvgIpc) is 2.90. The van der Waals surface area contributed by atoms with Gasteiger partial charge >= 0.3 is 12.3 Å². The molecular weight excluding hydrogens is 624 g/mol. The van der Waals surface area contributed by atoms with Crippen LogP contribution in [0, 0.1) is 5.82 Å². The number of pyridine rings is 1. The minimum absolute atomic E-state index is 0.0986. The highest BCUT2D eigenvalue weighted by Gasteiger charge is 2.37. The van der Waals surface area contributed by atoms with Crippen LogP contribution in [-0.4, -0.2) is 42.9 Å². The molecule has 0 aliphatic carbocycles. The lowest BCUT2D eigenvalue weighted by Crippen LogP contribution is -2.45. The summed E-state index contributed by atoms with van der Waals surface area (Å²) in [5.41, 5.74) is -0.249. The van der Waals surface area contributed by atoms with Gasteiger partial charge in [-0.05, 0) is 97.6 Å². The number of carbonyl (C=O) groups excluding carboxylic acids is 2. The molecule has 0 saturated heterocycles. The molecule has 1 N–H and O–H groups in total. The van der Waals surface area contributed by atoms with E-state index in [2.05, 4.69) is 26.2 Å². The number of aromatic nitrogens is 1. The Bertz CT molecular complexity index is 1490. The third-order valence-electron chi connectivity index (χ3n) is 6.30. The fraction of sp³-hybridized carbons (Fsp3) is 0.345. The molecular formula is C29H29BrF4N4O4. The van der Waals surface area contributed by atoms with Crippen molar-refractivity contribution in [2.24, 2.45) is 0 Å². The van der Waals surface area contributed by atoms with Crippen molar-refractivity contribution in [3.63, 3.8) is 0 Å². The van der Waals surface area contributed by atoms with E-state index in [1.54, 1.807) is 31.7 Å². The third kappa shape index (κ3) is 7.12. The van der Waals surface area contributed by atoms with E-state index in [1.165, 1.54) is 42.3 Å². The fourth-order valence-corrected chi connectivity index (χ4v) is 4.99. The van der Waals surface area contributed by atoms with E-state index in [0.29, 0.717) is 29.8 Å². The molecule has 0 bridgehead atoms. The summed E-state index contributed by atoms with van der Waals surface area (Å²) in [5.74, 6) is -0.897. The fourth-order valence-electron chi connectivity index (χ4n) is 4.46. The molecule has 224 valence electrons. The Morgan fingerprint density at radius 1 is 1.02 bits per heavy atom. The predicted molar refractivity (Wildman–Crippen MR) is 153 cm³/mol. The third-order valence-corrected chi connectivity index (χ3v) is 6.88. The van der Waals surface area contributed by atoms with Crippen LogP contribution < -0.4 is 19.9 Å². The maximum Gasteiger partial charge on any atom is 0.416 e. The van der Waals surface area contributed by atoms with E-state index < -0.39 is 35.2 Å². The van der Waals surface area contributed by atoms with Crippen molar-refractivity contribution in [3.05, 3.63) is 75.6 Å². The molecule has 0 atom stereocenters. The first-order chi connectivity index (χ1) is 19.7. The van der Waals surface area contributed by atoms with Crippen LogP contribution in [0.2, 0.25) is 0 Å². The van der Waals surface area contributed by atoms with Crippen LogP contribution >= 0.6 is 15.9 Å². The summed E-state index contributed by atoms with van der Waals surface area (Å²) in [6.45, 7) is 5.38. The number of aryl methyl sites for hydroxylation is 1. The highest BCUT2D eigenvalue weighted by Crippen LogP contribution is 2.41. The zero-order valence-electron chi connectivity index (χ0n) is 23.3. The standard InChI is InChI=1S/C29H29BrF4N4O4/c1-28(2,3)42-27(40)35-13-5-6-17-14-19(31)8-10-21(17)37-16-38(23-11-12-24(41-4)36-25(23)30)26(39)20-15-18(29(32,33)34)7-9-22(20)37/h7-12,14-15H,5-6,13,16H2,1-4H3,(H,35,40). The second-order valence-corrected chi connectivity index (χ2v) is 11.3. The summed E-state index contributed by atoms with van der Waals surface area (Å²) in [6, 6.07) is 10.2. The molecule has 0 spiro atoms. The van der Waals surface area contributed by atoms with Crippen LogP contribution in [0.25, 0.3) is 0 Å². The zero-order valence-corrected chi connectivity index (χ0v) is 24.9. The van der Waals surface area contributed by atoms with E-state index in [-0.39, 0.29) is 34.9 Å². The maximum absolute atomic E-state index is 14.4. The second kappa shape index (κ2) is 12.2. The van der Waals surface area contributed by atoms with Crippen molar-refractivity contribution in [2.75, 3.05) is 30.1 Å². The van der Waals surface area contributed by atoms with Gasteiger partial charge in [-0.3, -0.25) is 9.69 Å². The van der Waals surface area contributed by atoms with E-state index in [1.807, 2.05) is 0 Å². The van der Waals surface area contributed by atoms with Gasteiger partial charge in [0, 0.05) is 18.3 Å². The molecule has 1 aliphatic heterocycles. The number of nitrogens with zero attached hydrogens (tertiary/aromatic N) is 3. The molecule has 1 aliphatic rings. The molecule has 0 unspecified atom stereocenters. The molecule has 8 nitrogen and oxygen atoms in total. The summed E-state index contributed by atoms with van der Waals surface area (Å²) in [5, 5.41) is 2.66. The Kier molecular flexibility index (Phi) is 9.00. The molecule has 0 radical (unpaired) electrons. The lowest BCUT2D eigenvalue weighted by atomic mass is 10.0. The molecule has 0 saturated carbocycles. The Labute approximate surface area is 248 Å². The van der Waals surface area contributed by atoms with Crippen LogP contribution in [0.4, 0.5) is 39.4 Å². The average molecular weight is 653 g/mol. The molecule has 13 heteroatoms. The van der Waals surface area contributed by atoms with Crippen LogP contribution in [0.15, 0.2) is 53.1 Å². The van der Waals surface area contributed by atoms with Crippen LogP contribution in [0.5, 0.6) is 5.88 Å². The summed E-state index contributed by atoms with van der Waals surface area (Å²) in [6.07, 6.45) is -4.52. The first-order valence-corrected chi connectivity index (χ1v) is 13.7. The van der Waals surface area contributed by atoms with Gasteiger partial charge < -0.3 is 19.7 Å². The molecule has 2 heterocycles. The number of amides is 2. The molecule has 4 rings (SSSR count). The normalized spacial score (nSPS) is 13.6. The number of alkyl carbamates (subject to hydrolysis) is 1. The topological polar surface area (TPSA) is 84.0 Å². The monoisotopic (exact) mass is 652 g/mol. The number of alkyl halides is 3. The number of rotatable bonds is 7. The zero-order chi connectivity index (χ0) is 30.8. The SMILES string of the molecule is COc1ccc(N2CN(c3ccc(F)cc3CCCNC(=O)OC(C)(C)C)c3ccc(C(F)(F)F)cc3C2=O)c(Br)n1. The van der Waals surface area contributed by atoms with Gasteiger partial charge in [0.2, 0.25) is 5.88 Å². The first kappa shape index (κ1) is 31.1. The van der Waals surface area contributed by atoms with Gasteiger partial charge in [0.25, 0.3) is 5.91 Å². The number of nitrogens with one attached hydrogen (secondary N) is 1. The number of ether oxygens (including phenoxy) is 2. The molecule has 3 aromatic rings. The lowest BCUT2D eigenvalue weighted by Gasteiger charge is -2.39. The molecule has 42 heavy (non-hydrogen) atoms. The van der Waals surface area contributed by atoms with Crippen molar-refractivity contribution >= 4 is 45.0 Å². The van der Waals surface area contributed by atoms with Gasteiger partial charge in [0.1, 0.15) is 22.7 Å². The molecule has 2 aromatic carbocycles. The molecule has 2 amide bonds. The van der Waals surface area contributed by atoms with Crippen LogP contribution in [0.1, 0.15) is 48.7 Å². The number of methoxy groups -OCH3 is 1. The Morgan fingerprint density at radius 3 is 2.36 bits per heavy atom. The summed E-state index contributed by atoms with van der Waals surface area (Å²) in [4.78, 5) is 32.8. The number of carbonyl (C=O) groups is 2. The molecule has 1 aromatic heterocycles. The summed E-state index contributed by atoms with van der Waals surface area (Å²) < 4.78 is 66.0. The largest absolute Gasteiger partial charge is 0.481 e. The number of hydrogen-bond donors (Lipinski definition) is 1. The summed E-state index contributed by atoms with van der Waals surface area (Å²) >= 11 is 3.33. The summed E-state index contributed by atoms with van der Waals surface area (Å²) in [7, 11) is 1.43. The Balaban J connectivity index is 1.71. The van der Waals surface area contributed by atoms with E-state index in [9.17, 15) is 27.2 Å². The Hall–Kier alpha value is -3.87. The minimum atomic E-state index is -4.67. The first-order valence-electron chi connectivity index (χ1n) is 12.9. The smallest absolute Gasteiger partial charge is 0.416 e. The van der Waals surface area contributed by atoms with Gasteiger partial charge in [-0.25, -0.2) is 14.2 Å². The van der Waals surface area contributed by atoms with Gasteiger partial charge in [-0.15, -0.1) is 0 Å². The van der Waals surface area contributed by atoms with Gasteiger partial charge in [-0.2, -0.15) is 13.2 Å². The van der Waals surface area contributed by atoms with Crippen LogP contribution in [-0.2, 0) is 17.3 Å². The maximum atomic E-state index is 14.4. The van der Waals surface area contributed by atoms with Gasteiger partial charge in [-0.1, -0.05) is 0 Å². The molecule has 0 fully saturated rings. The van der Waals surface area contributed by atoms with Crippen molar-refractivity contribution in [3.8, 4) is 5.88 Å². The van der Waals surface area contributed by atoms with Crippen molar-refractivity contribution < 1.29 is 36.6 Å². The number of benzene rings is 2. The van der Waals surface area contributed by atoms with E-state index in [0.717, 1.165) is 12.1 Å². The van der Waals surface area contributed by atoms with Gasteiger partial charge in [0.15, 0.2) is 0 Å². The minimum Gasteiger partial charge on any atom is -0.481 e. The van der Waals surface area contributed by atoms with E-state index in [4.69, 9.17) is 9.47 Å². The van der Waals surface area contributed by atoms with Crippen molar-refractivity contribution in [2.45, 2.75) is 45.4 Å². The van der Waals surface area contributed by atoms with Crippen molar-refractivity contribution in [1.82, 2.24) is 10.3 Å². The van der Waals surface area contributed by atoms with Crippen molar-refractivity contribution in [1.29, 1.82) is 0 Å². The quantitative estimate of drug-likeness (QED) is 0.165. The number of fused-ring (bicyclic) bond motifs is 1. The highest BCUT2D eigenvalue weighted by molar-refractivity contribution is 9.10. The highest BCUT2D eigenvalue weighted by atomic mass is 79.9. The second-order valence-electron chi connectivity index (χ2n) is 10.5. The lowest BCUT2D eigenvalue weighted by molar-refractivity contribution is -0.137. The van der Waals surface area contributed by atoms with Gasteiger partial charge in [0.05, 0.1) is 29.6 Å². The number of halogens is 5. The number of hydrogen-bond acceptors (Lipinski definition) is 6. The number of anilines is 3.